The van der Waals surface area contributed by atoms with Crippen molar-refractivity contribution in [1.29, 1.82) is 0 Å². The van der Waals surface area contributed by atoms with E-state index in [0.29, 0.717) is 5.95 Å². The first-order valence-corrected chi connectivity index (χ1v) is 8.31. The molecule has 1 aromatic heterocycles. The van der Waals surface area contributed by atoms with Gasteiger partial charge in [0.1, 0.15) is 6.10 Å². The zero-order valence-corrected chi connectivity index (χ0v) is 12.5. The average molecular weight is 288 g/mol. The Kier molecular flexibility index (Phi) is 3.25. The highest BCUT2D eigenvalue weighted by molar-refractivity contribution is 5.42. The lowest BCUT2D eigenvalue weighted by Gasteiger charge is -2.35. The quantitative estimate of drug-likeness (QED) is 0.870. The van der Waals surface area contributed by atoms with Crippen LogP contribution in [0.4, 0.5) is 5.95 Å². The lowest BCUT2D eigenvalue weighted by molar-refractivity contribution is 0.208. The van der Waals surface area contributed by atoms with E-state index in [1.165, 1.54) is 49.8 Å². The van der Waals surface area contributed by atoms with Crippen molar-refractivity contribution >= 4 is 5.95 Å². The molecular weight excluding hydrogens is 264 g/mol. The number of anilines is 1. The van der Waals surface area contributed by atoms with E-state index in [-0.39, 0.29) is 11.5 Å². The van der Waals surface area contributed by atoms with Crippen LogP contribution in [-0.2, 0) is 11.8 Å². The molecule has 5 heteroatoms. The van der Waals surface area contributed by atoms with Crippen LogP contribution in [0.2, 0.25) is 0 Å². The van der Waals surface area contributed by atoms with Gasteiger partial charge in [0, 0.05) is 17.5 Å². The second-order valence-electron chi connectivity index (χ2n) is 6.79. The van der Waals surface area contributed by atoms with Crippen molar-refractivity contribution in [2.45, 2.75) is 62.9 Å². The van der Waals surface area contributed by atoms with Gasteiger partial charge in [0.15, 0.2) is 0 Å². The molecule has 1 aromatic rings. The zero-order valence-electron chi connectivity index (χ0n) is 12.5. The van der Waals surface area contributed by atoms with E-state index >= 15 is 0 Å². The number of ether oxygens (including phenoxy) is 1. The molecule has 3 N–H and O–H groups in total. The lowest BCUT2D eigenvalue weighted by atomic mass is 9.72. The topological polar surface area (TPSA) is 73.1 Å². The molecule has 1 saturated heterocycles. The zero-order chi connectivity index (χ0) is 14.3. The Morgan fingerprint density at radius 3 is 2.71 bits per heavy atom. The molecule has 1 atom stereocenters. The number of nitrogen functional groups attached to an aromatic ring is 1. The van der Waals surface area contributed by atoms with E-state index in [9.17, 15) is 0 Å². The molecule has 5 nitrogen and oxygen atoms in total. The summed E-state index contributed by atoms with van der Waals surface area (Å²) < 4.78 is 6.16. The second kappa shape index (κ2) is 5.13. The van der Waals surface area contributed by atoms with Gasteiger partial charge in [-0.1, -0.05) is 12.8 Å². The molecular formula is C16H24N4O. The maximum Gasteiger partial charge on any atom is 0.223 e. The third-order valence-electron chi connectivity index (χ3n) is 5.42. The number of hydrogen-bond acceptors (Lipinski definition) is 5. The molecule has 3 aliphatic rings. The predicted octanol–water partition coefficient (Wildman–Crippen LogP) is 1.95. The first kappa shape index (κ1) is 13.3. The maximum absolute atomic E-state index is 6.16. The van der Waals surface area contributed by atoms with Crippen LogP contribution in [0.5, 0.6) is 5.88 Å². The van der Waals surface area contributed by atoms with Crippen LogP contribution in [0.15, 0.2) is 0 Å². The number of nitrogens with zero attached hydrogens (tertiary/aromatic N) is 2. The first-order chi connectivity index (χ1) is 10.3. The Balaban J connectivity index is 1.73. The summed E-state index contributed by atoms with van der Waals surface area (Å²) in [6.45, 7) is 1.93. The summed E-state index contributed by atoms with van der Waals surface area (Å²) in [5, 5.41) is 3.34. The van der Waals surface area contributed by atoms with Gasteiger partial charge in [-0.15, -0.1) is 0 Å². The van der Waals surface area contributed by atoms with Gasteiger partial charge in [-0.25, -0.2) is 4.98 Å². The van der Waals surface area contributed by atoms with Crippen LogP contribution < -0.4 is 15.8 Å². The highest BCUT2D eigenvalue weighted by Crippen LogP contribution is 2.49. The van der Waals surface area contributed by atoms with Gasteiger partial charge in [0.25, 0.3) is 0 Å². The number of nitrogens with one attached hydrogen (secondary N) is 1. The van der Waals surface area contributed by atoms with Crippen molar-refractivity contribution in [3.05, 3.63) is 11.3 Å². The minimum Gasteiger partial charge on any atom is -0.473 e. The van der Waals surface area contributed by atoms with E-state index in [0.717, 1.165) is 31.8 Å². The Hall–Kier alpha value is -1.36. The minimum absolute atomic E-state index is 0.227. The smallest absolute Gasteiger partial charge is 0.223 e. The summed E-state index contributed by atoms with van der Waals surface area (Å²) in [5.74, 6) is 1.14. The van der Waals surface area contributed by atoms with Crippen molar-refractivity contribution in [3.8, 4) is 5.88 Å². The SMILES string of the molecule is Nc1nc(O[C@@H]2CCNC2)c2c(n1)C1(CCCC1)CCC2. The fourth-order valence-electron chi connectivity index (χ4n) is 4.39. The highest BCUT2D eigenvalue weighted by Gasteiger charge is 2.42. The molecule has 0 amide bonds. The number of rotatable bonds is 2. The van der Waals surface area contributed by atoms with Crippen LogP contribution in [0.3, 0.4) is 0 Å². The molecule has 1 saturated carbocycles. The Morgan fingerprint density at radius 1 is 1.14 bits per heavy atom. The van der Waals surface area contributed by atoms with Crippen molar-refractivity contribution in [2.75, 3.05) is 18.8 Å². The summed E-state index contributed by atoms with van der Waals surface area (Å²) in [5.41, 5.74) is 8.70. The summed E-state index contributed by atoms with van der Waals surface area (Å²) in [4.78, 5) is 9.08. The Bertz CT molecular complexity index is 533. The number of hydrogen-bond donors (Lipinski definition) is 2. The van der Waals surface area contributed by atoms with Crippen LogP contribution in [0.1, 0.15) is 56.2 Å². The molecule has 0 radical (unpaired) electrons. The molecule has 0 bridgehead atoms. The monoisotopic (exact) mass is 288 g/mol. The summed E-state index contributed by atoms with van der Waals surface area (Å²) in [6, 6.07) is 0. The third kappa shape index (κ3) is 2.27. The number of nitrogens with two attached hydrogens (primary N) is 1. The van der Waals surface area contributed by atoms with Crippen LogP contribution in [0, 0.1) is 0 Å². The summed E-state index contributed by atoms with van der Waals surface area (Å²) in [6.07, 6.45) is 9.90. The van der Waals surface area contributed by atoms with Crippen molar-refractivity contribution in [3.63, 3.8) is 0 Å². The molecule has 4 rings (SSSR count). The first-order valence-electron chi connectivity index (χ1n) is 8.31. The fraction of sp³-hybridized carbons (Fsp3) is 0.750. The molecule has 2 aliphatic carbocycles. The van der Waals surface area contributed by atoms with Crippen LogP contribution >= 0.6 is 0 Å². The molecule has 114 valence electrons. The molecule has 2 fully saturated rings. The third-order valence-corrected chi connectivity index (χ3v) is 5.42. The largest absolute Gasteiger partial charge is 0.473 e. The van der Waals surface area contributed by atoms with Crippen molar-refractivity contribution in [1.82, 2.24) is 15.3 Å². The Labute approximate surface area is 125 Å². The molecule has 1 aliphatic heterocycles. The van der Waals surface area contributed by atoms with E-state index in [1.807, 2.05) is 0 Å². The molecule has 0 unspecified atom stereocenters. The van der Waals surface area contributed by atoms with E-state index in [2.05, 4.69) is 15.3 Å². The highest BCUT2D eigenvalue weighted by atomic mass is 16.5. The molecule has 21 heavy (non-hydrogen) atoms. The lowest BCUT2D eigenvalue weighted by Crippen LogP contribution is -2.31. The summed E-state index contributed by atoms with van der Waals surface area (Å²) >= 11 is 0. The van der Waals surface area contributed by atoms with Gasteiger partial charge in [0.2, 0.25) is 11.8 Å². The van der Waals surface area contributed by atoms with Gasteiger partial charge < -0.3 is 15.8 Å². The van der Waals surface area contributed by atoms with E-state index in [1.54, 1.807) is 0 Å². The van der Waals surface area contributed by atoms with Crippen molar-refractivity contribution < 1.29 is 4.74 Å². The molecule has 0 aromatic carbocycles. The van der Waals surface area contributed by atoms with Crippen molar-refractivity contribution in [2.24, 2.45) is 0 Å². The van der Waals surface area contributed by atoms with Crippen LogP contribution in [-0.4, -0.2) is 29.2 Å². The van der Waals surface area contributed by atoms with Gasteiger partial charge in [-0.3, -0.25) is 0 Å². The predicted molar refractivity (Wildman–Crippen MR) is 81.4 cm³/mol. The molecule has 1 spiro atoms. The molecule has 2 heterocycles. The van der Waals surface area contributed by atoms with Gasteiger partial charge >= 0.3 is 0 Å². The maximum atomic E-state index is 6.16. The number of fused-ring (bicyclic) bond motifs is 2. The average Bonchev–Trinajstić information content (AvgIpc) is 3.13. The normalized spacial score (nSPS) is 27.0. The number of aromatic nitrogens is 2. The van der Waals surface area contributed by atoms with Gasteiger partial charge in [-0.05, 0) is 45.1 Å². The second-order valence-corrected chi connectivity index (χ2v) is 6.79. The standard InChI is InChI=1S/C16H24N4O/c17-15-19-13-12(4-3-8-16(13)6-1-2-7-16)14(20-15)21-11-5-9-18-10-11/h11,18H,1-10H2,(H2,17,19,20)/t11-/m1/s1. The summed E-state index contributed by atoms with van der Waals surface area (Å²) in [7, 11) is 0. The van der Waals surface area contributed by atoms with E-state index in [4.69, 9.17) is 10.5 Å². The Morgan fingerprint density at radius 2 is 1.95 bits per heavy atom. The van der Waals surface area contributed by atoms with E-state index < -0.39 is 0 Å². The minimum atomic E-state index is 0.227. The van der Waals surface area contributed by atoms with Crippen LogP contribution in [0.25, 0.3) is 0 Å². The fourth-order valence-corrected chi connectivity index (χ4v) is 4.39. The van der Waals surface area contributed by atoms with Gasteiger partial charge in [0.05, 0.1) is 5.69 Å². The van der Waals surface area contributed by atoms with Gasteiger partial charge in [-0.2, -0.15) is 4.98 Å².